The number of hydrogen-bond acceptors (Lipinski definition) is 2. The molecule has 1 amide bonds. The van der Waals surface area contributed by atoms with E-state index < -0.39 is 11.9 Å². The van der Waals surface area contributed by atoms with Crippen molar-refractivity contribution < 1.29 is 18.0 Å². The fourth-order valence-corrected chi connectivity index (χ4v) is 3.59. The molecule has 1 aliphatic carbocycles. The van der Waals surface area contributed by atoms with Crippen LogP contribution in [-0.2, 0) is 24.4 Å². The zero-order valence-corrected chi connectivity index (χ0v) is 11.2. The Balaban J connectivity index is 1.58. The lowest BCUT2D eigenvalue weighted by atomic mass is 9.57. The third kappa shape index (κ3) is 2.19. The summed E-state index contributed by atoms with van der Waals surface area (Å²) < 4.78 is 39.0. The lowest BCUT2D eigenvalue weighted by Crippen LogP contribution is -2.61. The molecule has 0 N–H and O–H groups in total. The molecule has 110 valence electrons. The predicted molar refractivity (Wildman–Crippen MR) is 64.7 cm³/mol. The van der Waals surface area contributed by atoms with E-state index in [0.717, 1.165) is 38.4 Å². The van der Waals surface area contributed by atoms with Gasteiger partial charge in [0.25, 0.3) is 0 Å². The van der Waals surface area contributed by atoms with Crippen molar-refractivity contribution in [2.75, 3.05) is 13.1 Å². The molecular formula is C13H16F3N3O. The molecule has 2 fully saturated rings. The number of aromatic nitrogens is 2. The van der Waals surface area contributed by atoms with Crippen molar-refractivity contribution in [3.05, 3.63) is 17.5 Å². The third-order valence-electron chi connectivity index (χ3n) is 4.43. The van der Waals surface area contributed by atoms with Gasteiger partial charge in [-0.1, -0.05) is 0 Å². The number of carbonyl (C=O) groups excluding carboxylic acids is 1. The molecule has 4 nitrogen and oxygen atoms in total. The number of likely N-dealkylation sites (tertiary alicyclic amines) is 1. The van der Waals surface area contributed by atoms with E-state index in [0.29, 0.717) is 18.0 Å². The quantitative estimate of drug-likeness (QED) is 0.796. The van der Waals surface area contributed by atoms with Gasteiger partial charge in [0.2, 0.25) is 6.41 Å². The van der Waals surface area contributed by atoms with E-state index in [1.807, 2.05) is 0 Å². The minimum Gasteiger partial charge on any atom is -0.344 e. The van der Waals surface area contributed by atoms with Crippen molar-refractivity contribution in [1.82, 2.24) is 14.7 Å². The van der Waals surface area contributed by atoms with Gasteiger partial charge in [0.05, 0.1) is 0 Å². The smallest absolute Gasteiger partial charge is 0.344 e. The second-order valence-corrected chi connectivity index (χ2v) is 6.13. The predicted octanol–water partition coefficient (Wildman–Crippen LogP) is 1.85. The number of alkyl halides is 3. The van der Waals surface area contributed by atoms with Crippen LogP contribution in [0.1, 0.15) is 24.2 Å². The first-order valence-corrected chi connectivity index (χ1v) is 6.61. The Kier molecular flexibility index (Phi) is 2.85. The largest absolute Gasteiger partial charge is 0.435 e. The minimum atomic E-state index is -4.38. The molecule has 1 aromatic heterocycles. The first-order chi connectivity index (χ1) is 9.31. The molecule has 1 saturated carbocycles. The van der Waals surface area contributed by atoms with Crippen molar-refractivity contribution in [2.45, 2.75) is 25.4 Å². The lowest BCUT2D eigenvalue weighted by molar-refractivity contribution is -0.141. The van der Waals surface area contributed by atoms with Gasteiger partial charge < -0.3 is 4.90 Å². The van der Waals surface area contributed by atoms with Crippen molar-refractivity contribution in [3.63, 3.8) is 0 Å². The highest BCUT2D eigenvalue weighted by molar-refractivity contribution is 5.49. The molecule has 0 bridgehead atoms. The fourth-order valence-electron chi connectivity index (χ4n) is 3.59. The standard InChI is InChI=1S/C13H16F3N3O/c1-18-10(3-11(17-18)13(14,15)16)2-9-4-12(5-9)6-19(7-12)8-20/h3,8-9H,2,4-7H2,1H3. The molecule has 1 spiro atoms. The Hall–Kier alpha value is -1.53. The Morgan fingerprint density at radius 3 is 2.60 bits per heavy atom. The molecule has 7 heteroatoms. The fraction of sp³-hybridized carbons (Fsp3) is 0.692. The molecule has 3 rings (SSSR count). The van der Waals surface area contributed by atoms with Gasteiger partial charge in [-0.3, -0.25) is 9.48 Å². The van der Waals surface area contributed by atoms with Crippen LogP contribution < -0.4 is 0 Å². The number of hydrogen-bond donors (Lipinski definition) is 0. The van der Waals surface area contributed by atoms with Gasteiger partial charge in [0.1, 0.15) is 0 Å². The molecule has 0 unspecified atom stereocenters. The van der Waals surface area contributed by atoms with Crippen LogP contribution in [0.2, 0.25) is 0 Å². The van der Waals surface area contributed by atoms with Crippen molar-refractivity contribution in [3.8, 4) is 0 Å². The number of nitrogens with zero attached hydrogens (tertiary/aromatic N) is 3. The summed E-state index contributed by atoms with van der Waals surface area (Å²) in [5, 5.41) is 3.53. The maximum absolute atomic E-state index is 12.6. The van der Waals surface area contributed by atoms with Crippen molar-refractivity contribution in [2.24, 2.45) is 18.4 Å². The summed E-state index contributed by atoms with van der Waals surface area (Å²) in [6.07, 6.45) is -0.916. The first-order valence-electron chi connectivity index (χ1n) is 6.61. The van der Waals surface area contributed by atoms with Crippen LogP contribution in [-0.4, -0.2) is 34.2 Å². The molecule has 0 radical (unpaired) electrons. The van der Waals surface area contributed by atoms with Gasteiger partial charge in [-0.25, -0.2) is 0 Å². The van der Waals surface area contributed by atoms with E-state index in [1.165, 1.54) is 4.68 Å². The summed E-state index contributed by atoms with van der Waals surface area (Å²) in [5.41, 5.74) is 0.0559. The van der Waals surface area contributed by atoms with Crippen molar-refractivity contribution >= 4 is 6.41 Å². The highest BCUT2D eigenvalue weighted by Gasteiger charge is 2.51. The number of carbonyl (C=O) groups is 1. The topological polar surface area (TPSA) is 38.1 Å². The van der Waals surface area contributed by atoms with Crippen LogP contribution in [0.25, 0.3) is 0 Å². The van der Waals surface area contributed by atoms with E-state index in [1.54, 1.807) is 11.9 Å². The number of aryl methyl sites for hydroxylation is 1. The van der Waals surface area contributed by atoms with Crippen LogP contribution in [0, 0.1) is 11.3 Å². The molecule has 1 saturated heterocycles. The maximum atomic E-state index is 12.6. The number of rotatable bonds is 3. The minimum absolute atomic E-state index is 0.247. The third-order valence-corrected chi connectivity index (χ3v) is 4.43. The van der Waals surface area contributed by atoms with Gasteiger partial charge in [-0.15, -0.1) is 0 Å². The first kappa shape index (κ1) is 13.5. The molecule has 2 heterocycles. The average Bonchev–Trinajstić information content (AvgIpc) is 2.61. The Labute approximate surface area is 114 Å². The number of amides is 1. The van der Waals surface area contributed by atoms with E-state index in [-0.39, 0.29) is 5.41 Å². The average molecular weight is 287 g/mol. The van der Waals surface area contributed by atoms with E-state index in [4.69, 9.17) is 0 Å². The summed E-state index contributed by atoms with van der Waals surface area (Å²) >= 11 is 0. The van der Waals surface area contributed by atoms with Crippen molar-refractivity contribution in [1.29, 1.82) is 0 Å². The monoisotopic (exact) mass is 287 g/mol. The van der Waals surface area contributed by atoms with Crippen LogP contribution >= 0.6 is 0 Å². The summed E-state index contributed by atoms with van der Waals surface area (Å²) in [5.74, 6) is 0.403. The summed E-state index contributed by atoms with van der Waals surface area (Å²) in [6, 6.07) is 1.14. The Morgan fingerprint density at radius 2 is 2.10 bits per heavy atom. The van der Waals surface area contributed by atoms with E-state index >= 15 is 0 Å². The molecule has 0 atom stereocenters. The SMILES string of the molecule is Cn1nc(C(F)(F)F)cc1CC1CC2(C1)CN(C=O)C2. The normalized spacial score (nSPS) is 21.7. The second-order valence-electron chi connectivity index (χ2n) is 6.13. The molecule has 20 heavy (non-hydrogen) atoms. The van der Waals surface area contributed by atoms with Gasteiger partial charge in [0, 0.05) is 31.2 Å². The van der Waals surface area contributed by atoms with Crippen LogP contribution in [0.4, 0.5) is 13.2 Å². The zero-order valence-electron chi connectivity index (χ0n) is 11.2. The summed E-state index contributed by atoms with van der Waals surface area (Å²) in [6.45, 7) is 1.60. The highest BCUT2D eigenvalue weighted by Crippen LogP contribution is 2.52. The molecule has 1 aromatic rings. The van der Waals surface area contributed by atoms with E-state index in [9.17, 15) is 18.0 Å². The van der Waals surface area contributed by atoms with Gasteiger partial charge in [0.15, 0.2) is 5.69 Å². The molecular weight excluding hydrogens is 271 g/mol. The molecule has 0 aromatic carbocycles. The van der Waals surface area contributed by atoms with E-state index in [2.05, 4.69) is 5.10 Å². The maximum Gasteiger partial charge on any atom is 0.435 e. The van der Waals surface area contributed by atoms with Gasteiger partial charge in [-0.05, 0) is 31.2 Å². The lowest BCUT2D eigenvalue weighted by Gasteiger charge is -2.58. The van der Waals surface area contributed by atoms with Crippen LogP contribution in [0.5, 0.6) is 0 Å². The highest BCUT2D eigenvalue weighted by atomic mass is 19.4. The van der Waals surface area contributed by atoms with Crippen LogP contribution in [0.3, 0.4) is 0 Å². The van der Waals surface area contributed by atoms with Crippen LogP contribution in [0.15, 0.2) is 6.07 Å². The summed E-state index contributed by atoms with van der Waals surface area (Å²) in [7, 11) is 1.55. The van der Waals surface area contributed by atoms with Gasteiger partial charge in [-0.2, -0.15) is 18.3 Å². The van der Waals surface area contributed by atoms with Gasteiger partial charge >= 0.3 is 6.18 Å². The second kappa shape index (κ2) is 4.23. The number of halogens is 3. The molecule has 2 aliphatic rings. The Bertz CT molecular complexity index is 523. The zero-order chi connectivity index (χ0) is 14.5. The summed E-state index contributed by atoms with van der Waals surface area (Å²) in [4.78, 5) is 12.3. The molecule has 1 aliphatic heterocycles. The Morgan fingerprint density at radius 1 is 1.45 bits per heavy atom.